The third-order valence-electron chi connectivity index (χ3n) is 3.40. The van der Waals surface area contributed by atoms with Crippen molar-refractivity contribution in [3.05, 3.63) is 57.8 Å². The fraction of sp³-hybridized carbons (Fsp3) is 0.235. The Labute approximate surface area is 142 Å². The van der Waals surface area contributed by atoms with Crippen LogP contribution in [0, 0.1) is 5.82 Å². The molecule has 0 aliphatic carbocycles. The molecule has 0 aliphatic heterocycles. The first-order valence-electron chi connectivity index (χ1n) is 6.88. The lowest BCUT2D eigenvalue weighted by Crippen LogP contribution is -2.27. The number of halogens is 2. The summed E-state index contributed by atoms with van der Waals surface area (Å²) in [6.07, 6.45) is 0. The maximum absolute atomic E-state index is 13.9. The summed E-state index contributed by atoms with van der Waals surface area (Å²) in [5, 5.41) is 0. The summed E-state index contributed by atoms with van der Waals surface area (Å²) in [5.74, 6) is 0.181. The number of benzene rings is 2. The van der Waals surface area contributed by atoms with Crippen LogP contribution in [0.5, 0.6) is 11.5 Å². The predicted molar refractivity (Wildman–Crippen MR) is 89.4 cm³/mol. The first kappa shape index (κ1) is 17.3. The van der Waals surface area contributed by atoms with E-state index in [1.807, 2.05) is 12.1 Å². The van der Waals surface area contributed by atoms with E-state index in [2.05, 4.69) is 15.9 Å². The molecule has 0 heterocycles. The highest BCUT2D eigenvalue weighted by molar-refractivity contribution is 9.10. The largest absolute Gasteiger partial charge is 0.493 e. The maximum Gasteiger partial charge on any atom is 0.256 e. The second-order valence-electron chi connectivity index (χ2n) is 4.94. The fourth-order valence-corrected chi connectivity index (χ4v) is 2.61. The maximum atomic E-state index is 13.9. The molecular weight excluding hydrogens is 365 g/mol. The van der Waals surface area contributed by atoms with Gasteiger partial charge in [0.25, 0.3) is 5.91 Å². The van der Waals surface area contributed by atoms with Crippen molar-refractivity contribution in [1.82, 2.24) is 4.90 Å². The first-order chi connectivity index (χ1) is 11.0. The molecule has 0 bridgehead atoms. The summed E-state index contributed by atoms with van der Waals surface area (Å²) in [4.78, 5) is 13.9. The van der Waals surface area contributed by atoms with Gasteiger partial charge in [0, 0.05) is 23.6 Å². The zero-order valence-corrected chi connectivity index (χ0v) is 14.7. The number of carbonyl (C=O) groups is 1. The molecule has 0 aliphatic rings. The van der Waals surface area contributed by atoms with Crippen LogP contribution >= 0.6 is 15.9 Å². The third-order valence-corrected chi connectivity index (χ3v) is 3.89. The number of methoxy groups -OCH3 is 2. The lowest BCUT2D eigenvalue weighted by atomic mass is 10.1. The lowest BCUT2D eigenvalue weighted by Gasteiger charge is -2.20. The molecule has 0 radical (unpaired) electrons. The van der Waals surface area contributed by atoms with E-state index in [1.54, 1.807) is 26.3 Å². The van der Waals surface area contributed by atoms with Crippen molar-refractivity contribution in [3.8, 4) is 11.5 Å². The number of rotatable bonds is 5. The van der Waals surface area contributed by atoms with Crippen LogP contribution in [0.2, 0.25) is 0 Å². The molecule has 4 nitrogen and oxygen atoms in total. The molecule has 6 heteroatoms. The second-order valence-corrected chi connectivity index (χ2v) is 5.85. The van der Waals surface area contributed by atoms with Gasteiger partial charge in [0.2, 0.25) is 0 Å². The Kier molecular flexibility index (Phi) is 5.60. The zero-order valence-electron chi connectivity index (χ0n) is 13.1. The predicted octanol–water partition coefficient (Wildman–Crippen LogP) is 3.88. The second kappa shape index (κ2) is 7.46. The number of nitrogens with zero attached hydrogens (tertiary/aromatic N) is 1. The summed E-state index contributed by atoms with van der Waals surface area (Å²) in [6, 6.07) is 9.79. The van der Waals surface area contributed by atoms with Gasteiger partial charge in [0.15, 0.2) is 11.5 Å². The minimum Gasteiger partial charge on any atom is -0.493 e. The van der Waals surface area contributed by atoms with Gasteiger partial charge in [0.1, 0.15) is 5.82 Å². The van der Waals surface area contributed by atoms with E-state index in [1.165, 1.54) is 24.1 Å². The smallest absolute Gasteiger partial charge is 0.256 e. The monoisotopic (exact) mass is 381 g/mol. The third kappa shape index (κ3) is 3.82. The Morgan fingerprint density at radius 2 is 1.96 bits per heavy atom. The van der Waals surface area contributed by atoms with Gasteiger partial charge in [-0.3, -0.25) is 4.79 Å². The molecule has 1 amide bonds. The SMILES string of the molecule is COc1cccc(CN(C)C(=O)c2ccc(Br)cc2F)c1OC. The minimum absolute atomic E-state index is 0.0255. The van der Waals surface area contributed by atoms with E-state index in [-0.39, 0.29) is 12.1 Å². The topological polar surface area (TPSA) is 38.8 Å². The molecule has 0 unspecified atom stereocenters. The molecule has 0 N–H and O–H groups in total. The van der Waals surface area contributed by atoms with Crippen molar-refractivity contribution in [2.24, 2.45) is 0 Å². The molecule has 0 saturated carbocycles. The standard InChI is InChI=1S/C17H17BrFNO3/c1-20(17(21)13-8-7-12(18)9-14(13)19)10-11-5-4-6-15(22-2)16(11)23-3/h4-9H,10H2,1-3H3. The molecule has 122 valence electrons. The van der Waals surface area contributed by atoms with Crippen LogP contribution in [0.4, 0.5) is 4.39 Å². The average Bonchev–Trinajstić information content (AvgIpc) is 2.53. The Morgan fingerprint density at radius 3 is 2.57 bits per heavy atom. The van der Waals surface area contributed by atoms with E-state index in [4.69, 9.17) is 9.47 Å². The fourth-order valence-electron chi connectivity index (χ4n) is 2.27. The van der Waals surface area contributed by atoms with E-state index >= 15 is 0 Å². The van der Waals surface area contributed by atoms with Crippen molar-refractivity contribution < 1.29 is 18.7 Å². The van der Waals surface area contributed by atoms with E-state index < -0.39 is 11.7 Å². The quantitative estimate of drug-likeness (QED) is 0.788. The molecule has 0 fully saturated rings. The lowest BCUT2D eigenvalue weighted by molar-refractivity contribution is 0.0779. The van der Waals surface area contributed by atoms with Gasteiger partial charge in [-0.1, -0.05) is 28.1 Å². The van der Waals surface area contributed by atoms with Gasteiger partial charge in [-0.15, -0.1) is 0 Å². The Balaban J connectivity index is 2.25. The van der Waals surface area contributed by atoms with Gasteiger partial charge in [0.05, 0.1) is 19.8 Å². The van der Waals surface area contributed by atoms with E-state index in [0.717, 1.165) is 5.56 Å². The van der Waals surface area contributed by atoms with Crippen LogP contribution in [0.15, 0.2) is 40.9 Å². The first-order valence-corrected chi connectivity index (χ1v) is 7.67. The summed E-state index contributed by atoms with van der Waals surface area (Å²) in [7, 11) is 4.70. The van der Waals surface area contributed by atoms with Crippen molar-refractivity contribution in [2.45, 2.75) is 6.54 Å². The molecule has 23 heavy (non-hydrogen) atoms. The summed E-state index contributed by atoms with van der Waals surface area (Å²) in [6.45, 7) is 0.273. The Morgan fingerprint density at radius 1 is 1.22 bits per heavy atom. The molecular formula is C17H17BrFNO3. The summed E-state index contributed by atoms with van der Waals surface area (Å²) in [5.41, 5.74) is 0.804. The highest BCUT2D eigenvalue weighted by Crippen LogP contribution is 2.31. The molecule has 0 spiro atoms. The average molecular weight is 382 g/mol. The van der Waals surface area contributed by atoms with E-state index in [0.29, 0.717) is 16.0 Å². The highest BCUT2D eigenvalue weighted by atomic mass is 79.9. The van der Waals surface area contributed by atoms with Crippen molar-refractivity contribution in [1.29, 1.82) is 0 Å². The Bertz CT molecular complexity index is 721. The number of hydrogen-bond donors (Lipinski definition) is 0. The molecule has 2 aromatic carbocycles. The Hall–Kier alpha value is -2.08. The van der Waals surface area contributed by atoms with Gasteiger partial charge >= 0.3 is 0 Å². The number of amides is 1. The number of ether oxygens (including phenoxy) is 2. The summed E-state index contributed by atoms with van der Waals surface area (Å²) >= 11 is 3.18. The minimum atomic E-state index is -0.561. The normalized spacial score (nSPS) is 10.3. The summed E-state index contributed by atoms with van der Waals surface area (Å²) < 4.78 is 25.1. The highest BCUT2D eigenvalue weighted by Gasteiger charge is 2.19. The van der Waals surface area contributed by atoms with Gasteiger partial charge < -0.3 is 14.4 Å². The van der Waals surface area contributed by atoms with Crippen molar-refractivity contribution in [3.63, 3.8) is 0 Å². The van der Waals surface area contributed by atoms with Crippen LogP contribution < -0.4 is 9.47 Å². The van der Waals surface area contributed by atoms with Crippen LogP contribution in [0.1, 0.15) is 15.9 Å². The van der Waals surface area contributed by atoms with Gasteiger partial charge in [-0.05, 0) is 24.3 Å². The van der Waals surface area contributed by atoms with Crippen LogP contribution in [0.3, 0.4) is 0 Å². The van der Waals surface area contributed by atoms with Crippen LogP contribution in [0.25, 0.3) is 0 Å². The molecule has 2 aromatic rings. The number of hydrogen-bond acceptors (Lipinski definition) is 3. The molecule has 0 saturated heterocycles. The molecule has 2 rings (SSSR count). The van der Waals surface area contributed by atoms with Crippen molar-refractivity contribution in [2.75, 3.05) is 21.3 Å². The van der Waals surface area contributed by atoms with Gasteiger partial charge in [-0.25, -0.2) is 4.39 Å². The molecule has 0 atom stereocenters. The van der Waals surface area contributed by atoms with Crippen LogP contribution in [-0.2, 0) is 6.54 Å². The van der Waals surface area contributed by atoms with Crippen molar-refractivity contribution >= 4 is 21.8 Å². The van der Waals surface area contributed by atoms with Crippen LogP contribution in [-0.4, -0.2) is 32.1 Å². The zero-order chi connectivity index (χ0) is 17.0. The number of carbonyl (C=O) groups excluding carboxylic acids is 1. The van der Waals surface area contributed by atoms with Gasteiger partial charge in [-0.2, -0.15) is 0 Å². The van der Waals surface area contributed by atoms with E-state index in [9.17, 15) is 9.18 Å². The molecule has 0 aromatic heterocycles. The number of para-hydroxylation sites is 1.